The second kappa shape index (κ2) is 10.6. The highest BCUT2D eigenvalue weighted by molar-refractivity contribution is 6.31. The molecule has 3 aromatic carbocycles. The number of likely N-dealkylation sites (N-methyl/N-ethyl adjacent to an activating group) is 1. The second-order valence-corrected chi connectivity index (χ2v) is 9.17. The molecule has 0 atom stereocenters. The quantitative estimate of drug-likeness (QED) is 0.356. The van der Waals surface area contributed by atoms with Gasteiger partial charge < -0.3 is 16.0 Å². The lowest BCUT2D eigenvalue weighted by atomic mass is 9.95. The number of rotatable bonds is 6. The Morgan fingerprint density at radius 1 is 1.08 bits per heavy atom. The van der Waals surface area contributed by atoms with Gasteiger partial charge in [0.1, 0.15) is 11.6 Å². The molecule has 1 aliphatic heterocycles. The Morgan fingerprint density at radius 2 is 1.82 bits per heavy atom. The van der Waals surface area contributed by atoms with Crippen LogP contribution in [0.15, 0.2) is 71.9 Å². The largest absolute Gasteiger partial charge is 0.340 e. The van der Waals surface area contributed by atoms with E-state index in [1.165, 1.54) is 18.2 Å². The molecule has 1 amide bonds. The first kappa shape index (κ1) is 25.4. The zero-order valence-electron chi connectivity index (χ0n) is 20.4. The van der Waals surface area contributed by atoms with Gasteiger partial charge in [-0.1, -0.05) is 23.7 Å². The summed E-state index contributed by atoms with van der Waals surface area (Å²) in [4.78, 5) is 27.7. The van der Waals surface area contributed by atoms with Crippen LogP contribution in [0.2, 0.25) is 5.02 Å². The number of benzene rings is 3. The SMILES string of the molecule is CN(CCN)C(=O)c1ccc(Nc2ncc3c(n2)-c2ccc(Cl)cc2C(c2c(F)cccc2F)=NC3)cc1. The van der Waals surface area contributed by atoms with Gasteiger partial charge >= 0.3 is 0 Å². The zero-order chi connectivity index (χ0) is 26.8. The van der Waals surface area contributed by atoms with Crippen LogP contribution < -0.4 is 11.1 Å². The van der Waals surface area contributed by atoms with E-state index in [2.05, 4.69) is 15.3 Å². The maximum Gasteiger partial charge on any atom is 0.253 e. The van der Waals surface area contributed by atoms with Crippen molar-refractivity contribution in [1.29, 1.82) is 0 Å². The van der Waals surface area contributed by atoms with Crippen LogP contribution >= 0.6 is 11.6 Å². The molecule has 3 N–H and O–H groups in total. The Morgan fingerprint density at radius 3 is 2.53 bits per heavy atom. The smallest absolute Gasteiger partial charge is 0.253 e. The summed E-state index contributed by atoms with van der Waals surface area (Å²) in [7, 11) is 1.70. The van der Waals surface area contributed by atoms with Crippen LogP contribution in [0.5, 0.6) is 0 Å². The molecule has 38 heavy (non-hydrogen) atoms. The van der Waals surface area contributed by atoms with Gasteiger partial charge in [0.2, 0.25) is 5.95 Å². The third-order valence-electron chi connectivity index (χ3n) is 6.16. The standard InChI is InChI=1S/C28H23ClF2N6O/c1-37(12-11-32)27(38)16-5-8-19(9-6-16)35-28-34-15-17-14-33-26(24-22(30)3-2-4-23(24)31)21-13-18(29)7-10-20(21)25(17)36-28/h2-10,13,15H,11-12,14,32H2,1H3,(H,34,35,36). The molecule has 0 saturated heterocycles. The van der Waals surface area contributed by atoms with Gasteiger partial charge in [-0.3, -0.25) is 9.79 Å². The summed E-state index contributed by atoms with van der Waals surface area (Å²) in [6.07, 6.45) is 1.63. The van der Waals surface area contributed by atoms with E-state index < -0.39 is 11.6 Å². The molecule has 1 aromatic heterocycles. The number of nitrogens with one attached hydrogen (secondary N) is 1. The lowest BCUT2D eigenvalue weighted by Gasteiger charge is -2.16. The number of nitrogens with zero attached hydrogens (tertiary/aromatic N) is 4. The van der Waals surface area contributed by atoms with Gasteiger partial charge in [0.05, 0.1) is 23.5 Å². The zero-order valence-corrected chi connectivity index (χ0v) is 21.1. The normalized spacial score (nSPS) is 12.2. The number of fused-ring (bicyclic) bond motifs is 3. The summed E-state index contributed by atoms with van der Waals surface area (Å²) >= 11 is 6.28. The molecule has 0 radical (unpaired) electrons. The van der Waals surface area contributed by atoms with Gasteiger partial charge in [-0.05, 0) is 48.5 Å². The van der Waals surface area contributed by atoms with Crippen LogP contribution in [0.1, 0.15) is 27.0 Å². The number of aromatic nitrogens is 2. The average Bonchev–Trinajstić information content (AvgIpc) is 3.05. The van der Waals surface area contributed by atoms with Crippen molar-refractivity contribution in [2.45, 2.75) is 6.54 Å². The van der Waals surface area contributed by atoms with E-state index in [-0.39, 0.29) is 23.7 Å². The number of amides is 1. The Bertz CT molecular complexity index is 1540. The molecule has 0 fully saturated rings. The number of anilines is 2. The average molecular weight is 533 g/mol. The first-order valence-electron chi connectivity index (χ1n) is 11.8. The van der Waals surface area contributed by atoms with Crippen molar-refractivity contribution in [3.63, 3.8) is 0 Å². The Kier molecular flexibility index (Phi) is 7.13. The molecule has 0 saturated carbocycles. The molecule has 10 heteroatoms. The van der Waals surface area contributed by atoms with E-state index in [0.29, 0.717) is 57.7 Å². The molecule has 192 valence electrons. The minimum Gasteiger partial charge on any atom is -0.340 e. The highest BCUT2D eigenvalue weighted by atomic mass is 35.5. The monoisotopic (exact) mass is 532 g/mol. The molecule has 5 rings (SSSR count). The lowest BCUT2D eigenvalue weighted by Crippen LogP contribution is -2.31. The molecular formula is C28H23ClF2N6O. The van der Waals surface area contributed by atoms with Crippen molar-refractivity contribution in [3.05, 3.63) is 106 Å². The predicted molar refractivity (Wildman–Crippen MR) is 144 cm³/mol. The molecular weight excluding hydrogens is 510 g/mol. The van der Waals surface area contributed by atoms with Gasteiger partial charge in [0.15, 0.2) is 0 Å². The summed E-state index contributed by atoms with van der Waals surface area (Å²) in [6, 6.07) is 15.7. The number of aliphatic imine (C=N–C) groups is 1. The van der Waals surface area contributed by atoms with E-state index in [9.17, 15) is 13.6 Å². The minimum absolute atomic E-state index is 0.123. The minimum atomic E-state index is -0.717. The van der Waals surface area contributed by atoms with Crippen LogP contribution in [-0.2, 0) is 6.54 Å². The maximum absolute atomic E-state index is 14.7. The van der Waals surface area contributed by atoms with Crippen LogP contribution in [-0.4, -0.2) is 46.6 Å². The van der Waals surface area contributed by atoms with Gasteiger partial charge in [-0.2, -0.15) is 0 Å². The van der Waals surface area contributed by atoms with Gasteiger partial charge in [-0.15, -0.1) is 0 Å². The summed E-state index contributed by atoms with van der Waals surface area (Å²) in [6.45, 7) is 0.969. The maximum atomic E-state index is 14.7. The second-order valence-electron chi connectivity index (χ2n) is 8.74. The fourth-order valence-electron chi connectivity index (χ4n) is 4.26. The van der Waals surface area contributed by atoms with E-state index in [1.54, 1.807) is 60.6 Å². The third kappa shape index (κ3) is 4.98. The van der Waals surface area contributed by atoms with Gasteiger partial charge in [-0.25, -0.2) is 18.7 Å². The lowest BCUT2D eigenvalue weighted by molar-refractivity contribution is 0.0799. The number of hydrogen-bond acceptors (Lipinski definition) is 6. The highest BCUT2D eigenvalue weighted by Gasteiger charge is 2.25. The molecule has 1 aliphatic rings. The third-order valence-corrected chi connectivity index (χ3v) is 6.40. The summed E-state index contributed by atoms with van der Waals surface area (Å²) in [5.41, 5.74) is 9.03. The van der Waals surface area contributed by atoms with Crippen molar-refractivity contribution in [3.8, 4) is 11.3 Å². The first-order chi connectivity index (χ1) is 18.4. The van der Waals surface area contributed by atoms with E-state index in [0.717, 1.165) is 0 Å². The predicted octanol–water partition coefficient (Wildman–Crippen LogP) is 5.20. The molecule has 0 unspecified atom stereocenters. The van der Waals surface area contributed by atoms with Crippen molar-refractivity contribution >= 4 is 34.9 Å². The Hall–Kier alpha value is -4.21. The van der Waals surface area contributed by atoms with Crippen LogP contribution in [0.25, 0.3) is 11.3 Å². The van der Waals surface area contributed by atoms with E-state index in [4.69, 9.17) is 22.3 Å². The van der Waals surface area contributed by atoms with Crippen molar-refractivity contribution < 1.29 is 13.6 Å². The van der Waals surface area contributed by atoms with Crippen LogP contribution in [0.4, 0.5) is 20.4 Å². The van der Waals surface area contributed by atoms with E-state index >= 15 is 0 Å². The van der Waals surface area contributed by atoms with Gasteiger partial charge in [0, 0.05) is 59.3 Å². The van der Waals surface area contributed by atoms with Gasteiger partial charge in [0.25, 0.3) is 5.91 Å². The van der Waals surface area contributed by atoms with E-state index in [1.807, 2.05) is 0 Å². The summed E-state index contributed by atoms with van der Waals surface area (Å²) < 4.78 is 29.5. The number of halogens is 3. The molecule has 0 spiro atoms. The van der Waals surface area contributed by atoms with Crippen molar-refractivity contribution in [2.24, 2.45) is 10.7 Å². The van der Waals surface area contributed by atoms with Crippen LogP contribution in [0.3, 0.4) is 0 Å². The highest BCUT2D eigenvalue weighted by Crippen LogP contribution is 2.34. The Balaban J connectivity index is 1.49. The first-order valence-corrected chi connectivity index (χ1v) is 12.2. The summed E-state index contributed by atoms with van der Waals surface area (Å²) in [5, 5.41) is 3.55. The fraction of sp³-hybridized carbons (Fsp3) is 0.143. The topological polar surface area (TPSA) is 96.5 Å². The summed E-state index contributed by atoms with van der Waals surface area (Å²) in [5.74, 6) is -1.25. The number of carbonyl (C=O) groups is 1. The molecule has 7 nitrogen and oxygen atoms in total. The van der Waals surface area contributed by atoms with Crippen molar-refractivity contribution in [1.82, 2.24) is 14.9 Å². The molecule has 0 aliphatic carbocycles. The van der Waals surface area contributed by atoms with Crippen LogP contribution in [0, 0.1) is 11.6 Å². The number of nitrogens with two attached hydrogens (primary N) is 1. The number of hydrogen-bond donors (Lipinski definition) is 2. The Labute approximate surface area is 223 Å². The number of carbonyl (C=O) groups excluding carboxylic acids is 1. The molecule has 4 aromatic rings. The molecule has 0 bridgehead atoms. The van der Waals surface area contributed by atoms with Crippen molar-refractivity contribution in [2.75, 3.05) is 25.5 Å². The molecule has 2 heterocycles. The fourth-order valence-corrected chi connectivity index (χ4v) is 4.43.